The van der Waals surface area contributed by atoms with Crippen molar-refractivity contribution in [2.45, 2.75) is 26.3 Å². The highest BCUT2D eigenvalue weighted by Crippen LogP contribution is 2.30. The summed E-state index contributed by atoms with van der Waals surface area (Å²) in [5, 5.41) is 9.10. The Bertz CT molecular complexity index is 752. The van der Waals surface area contributed by atoms with Crippen LogP contribution in [-0.2, 0) is 11.3 Å². The highest BCUT2D eigenvalue weighted by molar-refractivity contribution is 6.05. The molecule has 5 nitrogen and oxygen atoms in total. The van der Waals surface area contributed by atoms with Gasteiger partial charge in [0.15, 0.2) is 0 Å². The molecule has 0 aromatic heterocycles. The molecule has 1 aliphatic rings. The van der Waals surface area contributed by atoms with Crippen molar-refractivity contribution in [1.29, 1.82) is 0 Å². The second-order valence-corrected chi connectivity index (χ2v) is 6.23. The van der Waals surface area contributed by atoms with Gasteiger partial charge in [-0.25, -0.2) is 0 Å². The number of carbonyl (C=O) groups excluding carboxylic acids is 2. The SMILES string of the molecule is CCNCc1ccccc1NC(=O)c1ccc(NC(=O)C2CC2)cc1. The Morgan fingerprint density at radius 1 is 1.00 bits per heavy atom. The van der Waals surface area contributed by atoms with E-state index in [1.807, 2.05) is 31.2 Å². The third kappa shape index (κ3) is 4.67. The van der Waals surface area contributed by atoms with Crippen LogP contribution >= 0.6 is 0 Å². The van der Waals surface area contributed by atoms with Crippen LogP contribution in [0.15, 0.2) is 48.5 Å². The molecule has 0 bridgehead atoms. The fourth-order valence-corrected chi connectivity index (χ4v) is 2.55. The molecule has 2 aromatic rings. The predicted molar refractivity (Wildman–Crippen MR) is 99.6 cm³/mol. The highest BCUT2D eigenvalue weighted by atomic mass is 16.2. The van der Waals surface area contributed by atoms with Gasteiger partial charge in [0.1, 0.15) is 0 Å². The molecule has 3 rings (SSSR count). The number of benzene rings is 2. The first-order chi connectivity index (χ1) is 12.2. The number of carbonyl (C=O) groups is 2. The number of anilines is 2. The second-order valence-electron chi connectivity index (χ2n) is 6.23. The summed E-state index contributed by atoms with van der Waals surface area (Å²) in [7, 11) is 0. The van der Waals surface area contributed by atoms with Crippen molar-refractivity contribution in [2.75, 3.05) is 17.2 Å². The van der Waals surface area contributed by atoms with Gasteiger partial charge in [0, 0.05) is 29.4 Å². The van der Waals surface area contributed by atoms with Crippen LogP contribution in [0.1, 0.15) is 35.7 Å². The lowest BCUT2D eigenvalue weighted by Crippen LogP contribution is -2.17. The quantitative estimate of drug-likeness (QED) is 0.725. The predicted octanol–water partition coefficient (Wildman–Crippen LogP) is 3.40. The van der Waals surface area contributed by atoms with Crippen molar-refractivity contribution in [3.63, 3.8) is 0 Å². The average molecular weight is 337 g/mol. The molecular formula is C20H23N3O2. The molecule has 2 amide bonds. The van der Waals surface area contributed by atoms with Crippen LogP contribution in [0.3, 0.4) is 0 Å². The first-order valence-corrected chi connectivity index (χ1v) is 8.68. The third-order valence-electron chi connectivity index (χ3n) is 4.19. The summed E-state index contributed by atoms with van der Waals surface area (Å²) in [6, 6.07) is 14.7. The van der Waals surface area contributed by atoms with E-state index in [1.165, 1.54) is 0 Å². The molecule has 0 heterocycles. The molecule has 0 saturated heterocycles. The molecule has 0 atom stereocenters. The largest absolute Gasteiger partial charge is 0.326 e. The van der Waals surface area contributed by atoms with Gasteiger partial charge in [-0.1, -0.05) is 25.1 Å². The number of rotatable bonds is 7. The van der Waals surface area contributed by atoms with E-state index in [2.05, 4.69) is 16.0 Å². The Balaban J connectivity index is 1.64. The van der Waals surface area contributed by atoms with Gasteiger partial charge in [-0.3, -0.25) is 9.59 Å². The molecule has 0 spiro atoms. The molecule has 130 valence electrons. The van der Waals surface area contributed by atoms with E-state index in [9.17, 15) is 9.59 Å². The normalized spacial score (nSPS) is 13.3. The first kappa shape index (κ1) is 17.2. The Morgan fingerprint density at radius 2 is 1.72 bits per heavy atom. The minimum atomic E-state index is -0.163. The van der Waals surface area contributed by atoms with Gasteiger partial charge in [-0.2, -0.15) is 0 Å². The maximum atomic E-state index is 12.5. The van der Waals surface area contributed by atoms with Gasteiger partial charge in [0.2, 0.25) is 5.91 Å². The van der Waals surface area contributed by atoms with Gasteiger partial charge in [-0.15, -0.1) is 0 Å². The summed E-state index contributed by atoms with van der Waals surface area (Å²) >= 11 is 0. The van der Waals surface area contributed by atoms with Gasteiger partial charge in [0.05, 0.1) is 0 Å². The van der Waals surface area contributed by atoms with E-state index in [-0.39, 0.29) is 17.7 Å². The Kier molecular flexibility index (Phi) is 5.46. The number of amides is 2. The summed E-state index contributed by atoms with van der Waals surface area (Å²) < 4.78 is 0. The monoisotopic (exact) mass is 337 g/mol. The summed E-state index contributed by atoms with van der Waals surface area (Å²) in [4.78, 5) is 24.2. The minimum absolute atomic E-state index is 0.0644. The van der Waals surface area contributed by atoms with Crippen molar-refractivity contribution in [1.82, 2.24) is 5.32 Å². The molecule has 0 radical (unpaired) electrons. The van der Waals surface area contributed by atoms with Crippen LogP contribution in [0.4, 0.5) is 11.4 Å². The van der Waals surface area contributed by atoms with Crippen LogP contribution in [0.2, 0.25) is 0 Å². The average Bonchev–Trinajstić information content (AvgIpc) is 3.47. The van der Waals surface area contributed by atoms with Crippen molar-refractivity contribution >= 4 is 23.2 Å². The molecule has 0 aliphatic heterocycles. The standard InChI is InChI=1S/C20H23N3O2/c1-2-21-13-16-5-3-4-6-18(16)23-20(25)15-9-11-17(12-10-15)22-19(24)14-7-8-14/h3-6,9-12,14,21H,2,7-8,13H2,1H3,(H,22,24)(H,23,25). The molecule has 25 heavy (non-hydrogen) atoms. The molecule has 1 fully saturated rings. The van der Waals surface area contributed by atoms with E-state index in [4.69, 9.17) is 0 Å². The lowest BCUT2D eigenvalue weighted by atomic mass is 10.1. The van der Waals surface area contributed by atoms with Crippen LogP contribution in [-0.4, -0.2) is 18.4 Å². The smallest absolute Gasteiger partial charge is 0.255 e. The maximum Gasteiger partial charge on any atom is 0.255 e. The molecule has 1 saturated carbocycles. The number of nitrogens with one attached hydrogen (secondary N) is 3. The van der Waals surface area contributed by atoms with Crippen LogP contribution in [0.25, 0.3) is 0 Å². The van der Waals surface area contributed by atoms with Crippen LogP contribution in [0, 0.1) is 5.92 Å². The molecule has 1 aliphatic carbocycles. The van der Waals surface area contributed by atoms with Gasteiger partial charge in [0.25, 0.3) is 5.91 Å². The van der Waals surface area contributed by atoms with E-state index in [1.54, 1.807) is 24.3 Å². The van der Waals surface area contributed by atoms with Crippen molar-refractivity contribution in [3.05, 3.63) is 59.7 Å². The van der Waals surface area contributed by atoms with E-state index in [0.29, 0.717) is 12.1 Å². The topological polar surface area (TPSA) is 70.2 Å². The fraction of sp³-hybridized carbons (Fsp3) is 0.300. The zero-order valence-corrected chi connectivity index (χ0v) is 14.3. The Morgan fingerprint density at radius 3 is 2.40 bits per heavy atom. The zero-order valence-electron chi connectivity index (χ0n) is 14.3. The first-order valence-electron chi connectivity index (χ1n) is 8.68. The molecule has 5 heteroatoms. The number of para-hydroxylation sites is 1. The van der Waals surface area contributed by atoms with E-state index in [0.717, 1.165) is 36.3 Å². The highest BCUT2D eigenvalue weighted by Gasteiger charge is 2.29. The minimum Gasteiger partial charge on any atom is -0.326 e. The molecule has 2 aromatic carbocycles. The summed E-state index contributed by atoms with van der Waals surface area (Å²) in [5.74, 6) is 0.0646. The lowest BCUT2D eigenvalue weighted by molar-refractivity contribution is -0.117. The maximum absolute atomic E-state index is 12.5. The zero-order chi connectivity index (χ0) is 17.6. The Hall–Kier alpha value is -2.66. The van der Waals surface area contributed by atoms with Gasteiger partial charge >= 0.3 is 0 Å². The van der Waals surface area contributed by atoms with Crippen molar-refractivity contribution in [3.8, 4) is 0 Å². The molecule has 0 unspecified atom stereocenters. The van der Waals surface area contributed by atoms with E-state index < -0.39 is 0 Å². The summed E-state index contributed by atoms with van der Waals surface area (Å²) in [6.45, 7) is 3.63. The summed E-state index contributed by atoms with van der Waals surface area (Å²) in [5.41, 5.74) is 3.13. The van der Waals surface area contributed by atoms with Gasteiger partial charge < -0.3 is 16.0 Å². The van der Waals surface area contributed by atoms with Gasteiger partial charge in [-0.05, 0) is 55.3 Å². The summed E-state index contributed by atoms with van der Waals surface area (Å²) in [6.07, 6.45) is 1.94. The Labute approximate surface area is 147 Å². The lowest BCUT2D eigenvalue weighted by Gasteiger charge is -2.12. The van der Waals surface area contributed by atoms with Crippen molar-refractivity contribution in [2.24, 2.45) is 5.92 Å². The fourth-order valence-electron chi connectivity index (χ4n) is 2.55. The van der Waals surface area contributed by atoms with Crippen LogP contribution < -0.4 is 16.0 Å². The second kappa shape index (κ2) is 7.94. The van der Waals surface area contributed by atoms with Crippen molar-refractivity contribution < 1.29 is 9.59 Å². The number of hydrogen-bond acceptors (Lipinski definition) is 3. The molecular weight excluding hydrogens is 314 g/mol. The molecule has 3 N–H and O–H groups in total. The third-order valence-corrected chi connectivity index (χ3v) is 4.19. The van der Waals surface area contributed by atoms with Crippen LogP contribution in [0.5, 0.6) is 0 Å². The number of hydrogen-bond donors (Lipinski definition) is 3. The van der Waals surface area contributed by atoms with E-state index >= 15 is 0 Å².